The molecule has 2 N–H and O–H groups in total. The molecule has 6 heteroatoms. The third-order valence-electron chi connectivity index (χ3n) is 5.98. The van der Waals surface area contributed by atoms with E-state index in [4.69, 9.17) is 23.2 Å². The zero-order chi connectivity index (χ0) is 24.5. The molecule has 0 radical (unpaired) electrons. The van der Waals surface area contributed by atoms with Crippen molar-refractivity contribution < 1.29 is 9.90 Å². The number of hydrogen-bond acceptors (Lipinski definition) is 2. The molecule has 0 bridgehead atoms. The number of aromatic amines is 1. The van der Waals surface area contributed by atoms with Crippen LogP contribution in [0.2, 0.25) is 10.0 Å². The number of benzene rings is 3. The molecule has 0 fully saturated rings. The largest absolute Gasteiger partial charge is 0.387 e. The molecule has 176 valence electrons. The Hall–Kier alpha value is -2.79. The van der Waals surface area contributed by atoms with Crippen molar-refractivity contribution in [2.75, 3.05) is 6.54 Å². The van der Waals surface area contributed by atoms with Gasteiger partial charge in [0.25, 0.3) is 5.91 Å². The Morgan fingerprint density at radius 2 is 1.65 bits per heavy atom. The molecule has 4 nitrogen and oxygen atoms in total. The predicted molar refractivity (Wildman–Crippen MR) is 140 cm³/mol. The normalized spacial score (nSPS) is 12.6. The number of amides is 1. The average Bonchev–Trinajstić information content (AvgIpc) is 3.26. The van der Waals surface area contributed by atoms with E-state index in [-0.39, 0.29) is 17.9 Å². The van der Waals surface area contributed by atoms with Gasteiger partial charge in [-0.2, -0.15) is 0 Å². The molecule has 0 aliphatic rings. The van der Waals surface area contributed by atoms with Gasteiger partial charge in [-0.15, -0.1) is 0 Å². The summed E-state index contributed by atoms with van der Waals surface area (Å²) in [6, 6.07) is 20.7. The first-order chi connectivity index (χ1) is 16.1. The smallest absolute Gasteiger partial charge is 0.256 e. The summed E-state index contributed by atoms with van der Waals surface area (Å²) in [4.78, 5) is 18.6. The van der Waals surface area contributed by atoms with Crippen LogP contribution in [0.4, 0.5) is 0 Å². The molecular weight excluding hydrogens is 467 g/mol. The summed E-state index contributed by atoms with van der Waals surface area (Å²) >= 11 is 12.3. The molecule has 1 amide bonds. The van der Waals surface area contributed by atoms with Crippen LogP contribution in [0, 0.1) is 0 Å². The highest BCUT2D eigenvalue weighted by molar-refractivity contribution is 6.32. The van der Waals surface area contributed by atoms with E-state index in [1.165, 1.54) is 5.56 Å². The number of rotatable bonds is 6. The minimum atomic E-state index is -0.867. The van der Waals surface area contributed by atoms with Crippen molar-refractivity contribution in [1.29, 1.82) is 0 Å². The minimum absolute atomic E-state index is 0.0405. The van der Waals surface area contributed by atoms with E-state index in [0.717, 1.165) is 16.5 Å². The molecule has 0 unspecified atom stereocenters. The van der Waals surface area contributed by atoms with Gasteiger partial charge in [-0.1, -0.05) is 80.4 Å². The van der Waals surface area contributed by atoms with E-state index in [1.54, 1.807) is 41.4 Å². The van der Waals surface area contributed by atoms with Crippen LogP contribution in [0.5, 0.6) is 0 Å². The van der Waals surface area contributed by atoms with Crippen molar-refractivity contribution in [1.82, 2.24) is 9.88 Å². The van der Waals surface area contributed by atoms with Gasteiger partial charge in [0, 0.05) is 28.2 Å². The number of carbonyl (C=O) groups is 1. The third-order valence-corrected chi connectivity index (χ3v) is 6.45. The van der Waals surface area contributed by atoms with Gasteiger partial charge in [0.2, 0.25) is 0 Å². The maximum atomic E-state index is 13.8. The van der Waals surface area contributed by atoms with E-state index in [9.17, 15) is 9.90 Å². The fraction of sp³-hybridized carbons (Fsp3) is 0.250. The molecule has 4 aromatic rings. The second kappa shape index (κ2) is 9.83. The number of fused-ring (bicyclic) bond motifs is 1. The molecule has 0 aliphatic carbocycles. The second-order valence-electron chi connectivity index (χ2n) is 9.60. The Labute approximate surface area is 210 Å². The summed E-state index contributed by atoms with van der Waals surface area (Å²) in [6.45, 7) is 6.97. The Balaban J connectivity index is 1.67. The summed E-state index contributed by atoms with van der Waals surface area (Å²) < 4.78 is 0. The monoisotopic (exact) mass is 494 g/mol. The fourth-order valence-electron chi connectivity index (χ4n) is 4.02. The number of carbonyl (C=O) groups excluding carboxylic acids is 1. The summed E-state index contributed by atoms with van der Waals surface area (Å²) in [7, 11) is 0. The number of hydrogen-bond donors (Lipinski definition) is 2. The van der Waals surface area contributed by atoms with Crippen molar-refractivity contribution in [3.8, 4) is 0 Å². The summed E-state index contributed by atoms with van der Waals surface area (Å²) in [6.07, 6.45) is 0.920. The van der Waals surface area contributed by atoms with Crippen LogP contribution in [-0.4, -0.2) is 27.4 Å². The standard InChI is InChI=1S/C28H28Cl2N2O2/c1-28(2,3)21-8-4-18(5-9-21)16-32(17-25(33)19-6-10-22(29)11-7-19)27(34)24-15-23(30)14-20-12-13-31-26(20)24/h4-15,25,31,33H,16-17H2,1-3H3/t25-/m0/s1. The quantitative estimate of drug-likeness (QED) is 0.299. The number of aliphatic hydroxyl groups excluding tert-OH is 1. The topological polar surface area (TPSA) is 56.3 Å². The first-order valence-electron chi connectivity index (χ1n) is 11.2. The highest BCUT2D eigenvalue weighted by Crippen LogP contribution is 2.27. The highest BCUT2D eigenvalue weighted by Gasteiger charge is 2.23. The lowest BCUT2D eigenvalue weighted by Crippen LogP contribution is -2.34. The first kappa shape index (κ1) is 24.3. The fourth-order valence-corrected chi connectivity index (χ4v) is 4.38. The van der Waals surface area contributed by atoms with Crippen LogP contribution in [0.3, 0.4) is 0 Å². The Bertz CT molecular complexity index is 1290. The lowest BCUT2D eigenvalue weighted by atomic mass is 9.87. The molecule has 3 aromatic carbocycles. The van der Waals surface area contributed by atoms with Crippen molar-refractivity contribution >= 4 is 40.0 Å². The number of H-pyrrole nitrogens is 1. The van der Waals surface area contributed by atoms with Crippen molar-refractivity contribution in [2.24, 2.45) is 0 Å². The molecule has 4 rings (SSSR count). The summed E-state index contributed by atoms with van der Waals surface area (Å²) in [5, 5.41) is 12.9. The van der Waals surface area contributed by atoms with Crippen LogP contribution in [0.25, 0.3) is 10.9 Å². The first-order valence-corrected chi connectivity index (χ1v) is 12.0. The van der Waals surface area contributed by atoms with E-state index in [0.29, 0.717) is 27.7 Å². The van der Waals surface area contributed by atoms with Gasteiger partial charge in [-0.05, 0) is 52.4 Å². The number of nitrogens with zero attached hydrogens (tertiary/aromatic N) is 1. The lowest BCUT2D eigenvalue weighted by Gasteiger charge is -2.27. The number of halogens is 2. The molecule has 0 aliphatic heterocycles. The van der Waals surface area contributed by atoms with E-state index < -0.39 is 6.10 Å². The Kier molecular flexibility index (Phi) is 7.04. The minimum Gasteiger partial charge on any atom is -0.387 e. The lowest BCUT2D eigenvalue weighted by molar-refractivity contribution is 0.0605. The molecule has 34 heavy (non-hydrogen) atoms. The predicted octanol–water partition coefficient (Wildman–Crippen LogP) is 7.15. The maximum absolute atomic E-state index is 13.8. The Morgan fingerprint density at radius 1 is 0.971 bits per heavy atom. The highest BCUT2D eigenvalue weighted by atomic mass is 35.5. The van der Waals surface area contributed by atoms with Crippen LogP contribution < -0.4 is 0 Å². The van der Waals surface area contributed by atoms with E-state index in [2.05, 4.69) is 37.9 Å². The summed E-state index contributed by atoms with van der Waals surface area (Å²) in [5.74, 6) is -0.206. The van der Waals surface area contributed by atoms with Gasteiger partial charge < -0.3 is 15.0 Å². The van der Waals surface area contributed by atoms with Gasteiger partial charge in [-0.3, -0.25) is 4.79 Å². The van der Waals surface area contributed by atoms with Gasteiger partial charge in [0.15, 0.2) is 0 Å². The van der Waals surface area contributed by atoms with Crippen LogP contribution in [0.15, 0.2) is 72.9 Å². The molecular formula is C28H28Cl2N2O2. The van der Waals surface area contributed by atoms with Crippen LogP contribution in [-0.2, 0) is 12.0 Å². The zero-order valence-corrected chi connectivity index (χ0v) is 21.0. The molecule has 0 spiro atoms. The number of aromatic nitrogens is 1. The van der Waals surface area contributed by atoms with Gasteiger partial charge in [0.1, 0.15) is 0 Å². The van der Waals surface area contributed by atoms with Gasteiger partial charge in [-0.25, -0.2) is 0 Å². The second-order valence-corrected chi connectivity index (χ2v) is 10.5. The molecule has 1 aromatic heterocycles. The molecule has 0 saturated carbocycles. The van der Waals surface area contributed by atoms with Crippen molar-refractivity contribution in [3.05, 3.63) is 105 Å². The molecule has 0 saturated heterocycles. The zero-order valence-electron chi connectivity index (χ0n) is 19.5. The van der Waals surface area contributed by atoms with E-state index in [1.807, 2.05) is 24.3 Å². The Morgan fingerprint density at radius 3 is 2.29 bits per heavy atom. The SMILES string of the molecule is CC(C)(C)c1ccc(CN(C[C@H](O)c2ccc(Cl)cc2)C(=O)c2cc(Cl)cc3cc[nH]c23)cc1. The molecule has 1 atom stereocenters. The van der Waals surface area contributed by atoms with Crippen LogP contribution in [0.1, 0.15) is 53.9 Å². The van der Waals surface area contributed by atoms with Crippen molar-refractivity contribution in [3.63, 3.8) is 0 Å². The third kappa shape index (κ3) is 5.47. The average molecular weight is 495 g/mol. The van der Waals surface area contributed by atoms with Gasteiger partial charge >= 0.3 is 0 Å². The number of aliphatic hydroxyl groups is 1. The van der Waals surface area contributed by atoms with E-state index >= 15 is 0 Å². The number of nitrogens with one attached hydrogen (secondary N) is 1. The summed E-state index contributed by atoms with van der Waals surface area (Å²) in [5.41, 5.74) is 4.14. The van der Waals surface area contributed by atoms with Gasteiger partial charge in [0.05, 0.1) is 23.7 Å². The van der Waals surface area contributed by atoms with Crippen molar-refractivity contribution in [2.45, 2.75) is 38.8 Å². The maximum Gasteiger partial charge on any atom is 0.256 e. The van der Waals surface area contributed by atoms with Crippen LogP contribution >= 0.6 is 23.2 Å². The molecule has 1 heterocycles.